The molecular formula is C9H4FNO5. The first-order valence-electron chi connectivity index (χ1n) is 4.11. The number of fused-ring (bicyclic) bond motifs is 1. The third kappa shape index (κ3) is 1.29. The Kier molecular flexibility index (Phi) is 2.08. The first-order valence-corrected chi connectivity index (χ1v) is 4.11. The van der Waals surface area contributed by atoms with Gasteiger partial charge in [-0.2, -0.15) is 0 Å². The molecule has 0 fully saturated rings. The van der Waals surface area contributed by atoms with Crippen molar-refractivity contribution < 1.29 is 18.8 Å². The van der Waals surface area contributed by atoms with Gasteiger partial charge in [-0.15, -0.1) is 0 Å². The molecule has 0 saturated carbocycles. The Morgan fingerprint density at radius 2 is 2.12 bits per heavy atom. The molecule has 0 aliphatic carbocycles. The van der Waals surface area contributed by atoms with Crippen molar-refractivity contribution in [2.24, 2.45) is 0 Å². The van der Waals surface area contributed by atoms with Crippen molar-refractivity contribution in [3.63, 3.8) is 0 Å². The van der Waals surface area contributed by atoms with Crippen molar-refractivity contribution in [2.45, 2.75) is 0 Å². The molecule has 0 aliphatic heterocycles. The fraction of sp³-hybridized carbons (Fsp3) is 0. The number of hydrogen-bond donors (Lipinski definition) is 1. The van der Waals surface area contributed by atoms with Gasteiger partial charge in [-0.1, -0.05) is 6.07 Å². The quantitative estimate of drug-likeness (QED) is 0.451. The lowest BCUT2D eigenvalue weighted by atomic mass is 10.2. The summed E-state index contributed by atoms with van der Waals surface area (Å²) in [6, 6.07) is 3.46. The van der Waals surface area contributed by atoms with Crippen LogP contribution in [-0.2, 0) is 0 Å². The van der Waals surface area contributed by atoms with Crippen molar-refractivity contribution in [1.29, 1.82) is 0 Å². The molecule has 6 nitrogen and oxygen atoms in total. The van der Waals surface area contributed by atoms with Crippen LogP contribution in [-0.4, -0.2) is 10.0 Å². The summed E-state index contributed by atoms with van der Waals surface area (Å²) < 4.78 is 17.6. The molecule has 0 spiro atoms. The average Bonchev–Trinajstić information content (AvgIpc) is 2.19. The summed E-state index contributed by atoms with van der Waals surface area (Å²) in [5, 5.41) is 19.7. The lowest BCUT2D eigenvalue weighted by Crippen LogP contribution is -2.07. The zero-order chi connectivity index (χ0) is 11.9. The molecule has 2 rings (SSSR count). The molecule has 0 aliphatic rings. The highest BCUT2D eigenvalue weighted by atomic mass is 19.1. The van der Waals surface area contributed by atoms with E-state index in [1.165, 1.54) is 12.1 Å². The van der Waals surface area contributed by atoms with Crippen LogP contribution in [0.15, 0.2) is 27.4 Å². The third-order valence-electron chi connectivity index (χ3n) is 2.02. The van der Waals surface area contributed by atoms with E-state index < -0.39 is 33.4 Å². The SMILES string of the molecule is O=c1oc2c(F)cccc2c(O)c1[N+](=O)[O-]. The van der Waals surface area contributed by atoms with Crippen molar-refractivity contribution >= 4 is 16.7 Å². The molecule has 2 aromatic rings. The van der Waals surface area contributed by atoms with Crippen molar-refractivity contribution in [3.8, 4) is 5.75 Å². The monoisotopic (exact) mass is 225 g/mol. The average molecular weight is 225 g/mol. The van der Waals surface area contributed by atoms with Gasteiger partial charge in [0.05, 0.1) is 10.3 Å². The van der Waals surface area contributed by atoms with E-state index in [9.17, 15) is 24.4 Å². The zero-order valence-electron chi connectivity index (χ0n) is 7.64. The van der Waals surface area contributed by atoms with Crippen molar-refractivity contribution in [1.82, 2.24) is 0 Å². The second-order valence-corrected chi connectivity index (χ2v) is 2.96. The van der Waals surface area contributed by atoms with Gasteiger partial charge >= 0.3 is 11.3 Å². The summed E-state index contributed by atoms with van der Waals surface area (Å²) in [6.07, 6.45) is 0. The van der Waals surface area contributed by atoms with Crippen molar-refractivity contribution in [2.75, 3.05) is 0 Å². The first kappa shape index (κ1) is 10.1. The standard InChI is InChI=1S/C9H4FNO5/c10-5-3-1-2-4-7(12)6(11(14)15)9(13)16-8(4)5/h1-3,12H. The van der Waals surface area contributed by atoms with E-state index in [-0.39, 0.29) is 5.39 Å². The molecule has 1 N–H and O–H groups in total. The lowest BCUT2D eigenvalue weighted by molar-refractivity contribution is -0.388. The van der Waals surface area contributed by atoms with Gasteiger partial charge in [-0.3, -0.25) is 10.1 Å². The molecule has 0 unspecified atom stereocenters. The number of halogens is 1. The van der Waals surface area contributed by atoms with Crippen LogP contribution in [0.2, 0.25) is 0 Å². The van der Waals surface area contributed by atoms with Gasteiger partial charge < -0.3 is 9.52 Å². The molecule has 0 saturated heterocycles. The van der Waals surface area contributed by atoms with Crippen LogP contribution in [0.1, 0.15) is 0 Å². The molecule has 0 radical (unpaired) electrons. The minimum absolute atomic E-state index is 0.216. The van der Waals surface area contributed by atoms with Gasteiger partial charge in [0.25, 0.3) is 0 Å². The fourth-order valence-electron chi connectivity index (χ4n) is 1.33. The summed E-state index contributed by atoms with van der Waals surface area (Å²) in [5.74, 6) is -1.77. The summed E-state index contributed by atoms with van der Waals surface area (Å²) in [6.45, 7) is 0. The van der Waals surface area contributed by atoms with E-state index in [4.69, 9.17) is 0 Å². The summed E-state index contributed by atoms with van der Waals surface area (Å²) in [7, 11) is 0. The lowest BCUT2D eigenvalue weighted by Gasteiger charge is -2.00. The Morgan fingerprint density at radius 3 is 2.75 bits per heavy atom. The third-order valence-corrected chi connectivity index (χ3v) is 2.02. The minimum Gasteiger partial charge on any atom is -0.501 e. The van der Waals surface area contributed by atoms with E-state index in [1.807, 2.05) is 0 Å². The van der Waals surface area contributed by atoms with Gasteiger partial charge in [0, 0.05) is 0 Å². The number of nitrogens with zero attached hydrogens (tertiary/aromatic N) is 1. The van der Waals surface area contributed by atoms with Crippen LogP contribution in [0.4, 0.5) is 10.1 Å². The Hall–Kier alpha value is -2.44. The van der Waals surface area contributed by atoms with Crippen LogP contribution in [0.5, 0.6) is 5.75 Å². The second kappa shape index (κ2) is 3.30. The topological polar surface area (TPSA) is 93.6 Å². The second-order valence-electron chi connectivity index (χ2n) is 2.96. The zero-order valence-corrected chi connectivity index (χ0v) is 7.64. The van der Waals surface area contributed by atoms with E-state index in [2.05, 4.69) is 4.42 Å². The maximum Gasteiger partial charge on any atom is 0.419 e. The maximum atomic E-state index is 13.2. The molecule has 7 heteroatoms. The molecule has 1 aromatic carbocycles. The van der Waals surface area contributed by atoms with Crippen molar-refractivity contribution in [3.05, 3.63) is 44.6 Å². The van der Waals surface area contributed by atoms with Crippen LogP contribution < -0.4 is 5.63 Å². The Labute approximate surface area is 86.7 Å². The van der Waals surface area contributed by atoms with E-state index in [0.29, 0.717) is 0 Å². The fourth-order valence-corrected chi connectivity index (χ4v) is 1.33. The Morgan fingerprint density at radius 1 is 1.44 bits per heavy atom. The Bertz CT molecular complexity index is 648. The van der Waals surface area contributed by atoms with Crippen LogP contribution in [0.3, 0.4) is 0 Å². The van der Waals surface area contributed by atoms with E-state index in [1.54, 1.807) is 0 Å². The largest absolute Gasteiger partial charge is 0.501 e. The molecule has 1 heterocycles. The predicted octanol–water partition coefficient (Wildman–Crippen LogP) is 1.55. The van der Waals surface area contributed by atoms with E-state index >= 15 is 0 Å². The van der Waals surface area contributed by atoms with Gasteiger partial charge in [-0.05, 0) is 12.1 Å². The summed E-state index contributed by atoms with van der Waals surface area (Å²) in [5.41, 5.74) is -2.99. The maximum absolute atomic E-state index is 13.2. The van der Waals surface area contributed by atoms with Gasteiger partial charge in [-0.25, -0.2) is 9.18 Å². The highest BCUT2D eigenvalue weighted by Gasteiger charge is 2.25. The van der Waals surface area contributed by atoms with Gasteiger partial charge in [0.15, 0.2) is 11.4 Å². The number of para-hydroxylation sites is 1. The predicted molar refractivity (Wildman–Crippen MR) is 50.8 cm³/mol. The van der Waals surface area contributed by atoms with Crippen LogP contribution in [0, 0.1) is 15.9 Å². The molecule has 0 atom stereocenters. The number of benzene rings is 1. The molecule has 0 bridgehead atoms. The molecule has 16 heavy (non-hydrogen) atoms. The minimum atomic E-state index is -1.39. The number of aromatic hydroxyl groups is 1. The smallest absolute Gasteiger partial charge is 0.419 e. The molecule has 82 valence electrons. The molecular weight excluding hydrogens is 221 g/mol. The highest BCUT2D eigenvalue weighted by Crippen LogP contribution is 2.31. The van der Waals surface area contributed by atoms with Crippen LogP contribution >= 0.6 is 0 Å². The number of rotatable bonds is 1. The Balaban J connectivity index is 3.01. The molecule has 0 amide bonds. The first-order chi connectivity index (χ1) is 7.52. The molecule has 1 aromatic heterocycles. The number of hydrogen-bond acceptors (Lipinski definition) is 5. The summed E-state index contributed by atoms with van der Waals surface area (Å²) >= 11 is 0. The van der Waals surface area contributed by atoms with Gasteiger partial charge in [0.2, 0.25) is 5.75 Å². The van der Waals surface area contributed by atoms with Gasteiger partial charge in [0.1, 0.15) is 0 Å². The van der Waals surface area contributed by atoms with E-state index in [0.717, 1.165) is 6.07 Å². The normalized spacial score (nSPS) is 10.6. The number of nitro groups is 1. The summed E-state index contributed by atoms with van der Waals surface area (Å²) in [4.78, 5) is 20.5. The van der Waals surface area contributed by atoms with Crippen LogP contribution in [0.25, 0.3) is 11.0 Å². The highest BCUT2D eigenvalue weighted by molar-refractivity contribution is 5.86.